The number of esters is 1. The van der Waals surface area contributed by atoms with Gasteiger partial charge in [-0.25, -0.2) is 4.79 Å². The van der Waals surface area contributed by atoms with Gasteiger partial charge in [-0.3, -0.25) is 5.43 Å². The first-order chi connectivity index (χ1) is 8.58. The third kappa shape index (κ3) is 4.09. The molecular formula is C11H12Cl2N2O3. The second-order valence-corrected chi connectivity index (χ2v) is 3.85. The molecule has 1 aromatic rings. The first-order valence-corrected chi connectivity index (χ1v) is 5.84. The number of anilines is 1. The molecule has 0 radical (unpaired) electrons. The van der Waals surface area contributed by atoms with Crippen LogP contribution in [0.25, 0.3) is 0 Å². The van der Waals surface area contributed by atoms with E-state index in [0.717, 1.165) is 0 Å². The summed E-state index contributed by atoms with van der Waals surface area (Å²) in [6, 6.07) is 4.95. The third-order valence-electron chi connectivity index (χ3n) is 1.88. The van der Waals surface area contributed by atoms with Gasteiger partial charge < -0.3 is 9.47 Å². The summed E-state index contributed by atoms with van der Waals surface area (Å²) in [6.07, 6.45) is 0. The molecule has 0 aliphatic carbocycles. The van der Waals surface area contributed by atoms with Gasteiger partial charge in [0.25, 0.3) is 0 Å². The Morgan fingerprint density at radius 2 is 2.22 bits per heavy atom. The summed E-state index contributed by atoms with van der Waals surface area (Å²) in [5, 5.41) is 3.80. The fourth-order valence-corrected chi connectivity index (χ4v) is 1.44. The lowest BCUT2D eigenvalue weighted by atomic mass is 10.3. The Kier molecular flexibility index (Phi) is 5.74. The van der Waals surface area contributed by atoms with Gasteiger partial charge in [0.15, 0.2) is 0 Å². The molecule has 0 saturated heterocycles. The number of methoxy groups -OCH3 is 1. The average molecular weight is 291 g/mol. The standard InChI is InChI=1S/C11H12Cl2N2O3/c1-3-18-11(16)10(13)15-14-7-4-5-9(17-2)8(12)6-7/h4-6,14H,3H2,1-2H3. The number of carbonyl (C=O) groups is 1. The molecule has 1 N–H and O–H groups in total. The Balaban J connectivity index is 2.71. The summed E-state index contributed by atoms with van der Waals surface area (Å²) in [5.41, 5.74) is 3.16. The third-order valence-corrected chi connectivity index (χ3v) is 2.41. The lowest BCUT2D eigenvalue weighted by Crippen LogP contribution is -2.13. The van der Waals surface area contributed by atoms with Gasteiger partial charge in [0.1, 0.15) is 5.75 Å². The quantitative estimate of drug-likeness (QED) is 0.515. The molecule has 0 amide bonds. The van der Waals surface area contributed by atoms with Crippen LogP contribution >= 0.6 is 23.2 Å². The number of ether oxygens (including phenoxy) is 2. The van der Waals surface area contributed by atoms with Crippen LogP contribution in [0.4, 0.5) is 5.69 Å². The van der Waals surface area contributed by atoms with E-state index in [1.165, 1.54) is 7.11 Å². The van der Waals surface area contributed by atoms with Gasteiger partial charge in [-0.2, -0.15) is 5.10 Å². The van der Waals surface area contributed by atoms with Crippen molar-refractivity contribution in [3.8, 4) is 5.75 Å². The van der Waals surface area contributed by atoms with Crippen molar-refractivity contribution in [2.75, 3.05) is 19.1 Å². The van der Waals surface area contributed by atoms with E-state index >= 15 is 0 Å². The van der Waals surface area contributed by atoms with E-state index in [2.05, 4.69) is 15.3 Å². The average Bonchev–Trinajstić information content (AvgIpc) is 2.36. The molecule has 98 valence electrons. The molecule has 1 aromatic carbocycles. The number of nitrogens with one attached hydrogen (secondary N) is 1. The van der Waals surface area contributed by atoms with Crippen molar-refractivity contribution >= 4 is 40.0 Å². The van der Waals surface area contributed by atoms with Crippen molar-refractivity contribution in [3.63, 3.8) is 0 Å². The Bertz CT molecular complexity index is 464. The van der Waals surface area contributed by atoms with E-state index < -0.39 is 5.97 Å². The zero-order valence-corrected chi connectivity index (χ0v) is 11.4. The molecule has 0 unspecified atom stereocenters. The van der Waals surface area contributed by atoms with Crippen molar-refractivity contribution in [3.05, 3.63) is 23.2 Å². The molecule has 0 aromatic heterocycles. The second-order valence-electron chi connectivity index (χ2n) is 3.08. The van der Waals surface area contributed by atoms with Crippen molar-refractivity contribution in [2.45, 2.75) is 6.92 Å². The number of rotatable bonds is 5. The topological polar surface area (TPSA) is 59.9 Å². The van der Waals surface area contributed by atoms with Gasteiger partial charge in [-0.1, -0.05) is 23.2 Å². The summed E-state index contributed by atoms with van der Waals surface area (Å²) in [7, 11) is 1.52. The number of hydrazone groups is 1. The minimum atomic E-state index is -0.689. The molecule has 0 aliphatic heterocycles. The van der Waals surface area contributed by atoms with Crippen LogP contribution in [0.3, 0.4) is 0 Å². The fourth-order valence-electron chi connectivity index (χ4n) is 1.09. The highest BCUT2D eigenvalue weighted by Gasteiger charge is 2.09. The van der Waals surface area contributed by atoms with Crippen molar-refractivity contribution in [1.29, 1.82) is 0 Å². The molecule has 0 fully saturated rings. The van der Waals surface area contributed by atoms with Crippen LogP contribution in [0.1, 0.15) is 6.92 Å². The van der Waals surface area contributed by atoms with Crippen LogP contribution < -0.4 is 10.2 Å². The van der Waals surface area contributed by atoms with E-state index in [9.17, 15) is 4.79 Å². The maximum absolute atomic E-state index is 11.2. The number of carbonyl (C=O) groups excluding carboxylic acids is 1. The molecule has 0 bridgehead atoms. The molecule has 1 rings (SSSR count). The van der Waals surface area contributed by atoms with Gasteiger partial charge in [0, 0.05) is 0 Å². The monoisotopic (exact) mass is 290 g/mol. The Morgan fingerprint density at radius 3 is 2.78 bits per heavy atom. The van der Waals surface area contributed by atoms with E-state index in [0.29, 0.717) is 16.5 Å². The normalized spacial score (nSPS) is 11.0. The van der Waals surface area contributed by atoms with E-state index in [1.54, 1.807) is 25.1 Å². The molecule has 18 heavy (non-hydrogen) atoms. The predicted molar refractivity (Wildman–Crippen MR) is 71.5 cm³/mol. The summed E-state index contributed by atoms with van der Waals surface area (Å²) in [6.45, 7) is 1.91. The molecule has 0 heterocycles. The molecule has 5 nitrogen and oxygen atoms in total. The number of benzene rings is 1. The SMILES string of the molecule is CCOC(=O)C(Cl)=NNc1ccc(OC)c(Cl)c1. The van der Waals surface area contributed by atoms with Gasteiger partial charge in [-0.05, 0) is 25.1 Å². The maximum Gasteiger partial charge on any atom is 0.370 e. The van der Waals surface area contributed by atoms with Crippen molar-refractivity contribution in [2.24, 2.45) is 5.10 Å². The lowest BCUT2D eigenvalue weighted by molar-refractivity contribution is -0.134. The van der Waals surface area contributed by atoms with Gasteiger partial charge in [0.2, 0.25) is 5.17 Å². The molecular weight excluding hydrogens is 279 g/mol. The minimum Gasteiger partial charge on any atom is -0.495 e. The minimum absolute atomic E-state index is 0.235. The van der Waals surface area contributed by atoms with Crippen LogP contribution in [0.2, 0.25) is 5.02 Å². The number of hydrogen-bond acceptors (Lipinski definition) is 5. The highest BCUT2D eigenvalue weighted by molar-refractivity contribution is 6.82. The molecule has 0 atom stereocenters. The molecule has 0 aliphatic rings. The Hall–Kier alpha value is -1.46. The van der Waals surface area contributed by atoms with Crippen molar-refractivity contribution < 1.29 is 14.3 Å². The largest absolute Gasteiger partial charge is 0.495 e. The highest BCUT2D eigenvalue weighted by Crippen LogP contribution is 2.27. The summed E-state index contributed by atoms with van der Waals surface area (Å²) in [5.74, 6) is -0.144. The van der Waals surface area contributed by atoms with E-state index in [-0.39, 0.29) is 11.8 Å². The zero-order chi connectivity index (χ0) is 13.5. The zero-order valence-electron chi connectivity index (χ0n) is 9.87. The number of halogens is 2. The fraction of sp³-hybridized carbons (Fsp3) is 0.273. The molecule has 0 saturated carbocycles. The molecule has 0 spiro atoms. The van der Waals surface area contributed by atoms with Crippen LogP contribution in [-0.2, 0) is 9.53 Å². The first-order valence-electron chi connectivity index (χ1n) is 5.08. The number of nitrogens with zero attached hydrogens (tertiary/aromatic N) is 1. The highest BCUT2D eigenvalue weighted by atomic mass is 35.5. The van der Waals surface area contributed by atoms with Gasteiger partial charge >= 0.3 is 5.97 Å². The molecule has 7 heteroatoms. The summed E-state index contributed by atoms with van der Waals surface area (Å²) in [4.78, 5) is 11.2. The Labute approximate surface area is 115 Å². The lowest BCUT2D eigenvalue weighted by Gasteiger charge is -2.05. The maximum atomic E-state index is 11.2. The number of hydrogen-bond donors (Lipinski definition) is 1. The van der Waals surface area contributed by atoms with Crippen LogP contribution in [-0.4, -0.2) is 24.9 Å². The van der Waals surface area contributed by atoms with Crippen LogP contribution in [0.15, 0.2) is 23.3 Å². The van der Waals surface area contributed by atoms with Crippen molar-refractivity contribution in [1.82, 2.24) is 0 Å². The predicted octanol–water partition coefficient (Wildman–Crippen LogP) is 2.88. The smallest absolute Gasteiger partial charge is 0.370 e. The van der Waals surface area contributed by atoms with Gasteiger partial charge in [0.05, 0.1) is 24.4 Å². The van der Waals surface area contributed by atoms with E-state index in [4.69, 9.17) is 27.9 Å². The van der Waals surface area contributed by atoms with Crippen LogP contribution in [0, 0.1) is 0 Å². The second kappa shape index (κ2) is 7.08. The first kappa shape index (κ1) is 14.6. The summed E-state index contributed by atoms with van der Waals surface area (Å²) < 4.78 is 9.66. The summed E-state index contributed by atoms with van der Waals surface area (Å²) >= 11 is 11.5. The van der Waals surface area contributed by atoms with Crippen LogP contribution in [0.5, 0.6) is 5.75 Å². The Morgan fingerprint density at radius 1 is 1.50 bits per heavy atom. The van der Waals surface area contributed by atoms with Gasteiger partial charge in [-0.15, -0.1) is 0 Å². The van der Waals surface area contributed by atoms with E-state index in [1.807, 2.05) is 0 Å².